The Labute approximate surface area is 186 Å². The predicted molar refractivity (Wildman–Crippen MR) is 89.0 cm³/mol. The summed E-state index contributed by atoms with van der Waals surface area (Å²) in [6.45, 7) is 0. The maximum atomic E-state index is 12.6. The van der Waals surface area contributed by atoms with Gasteiger partial charge in [0.15, 0.2) is 0 Å². The fourth-order valence-corrected chi connectivity index (χ4v) is 3.55. The largest absolute Gasteiger partial charge is 2.00 e. The van der Waals surface area contributed by atoms with Crippen molar-refractivity contribution in [3.63, 3.8) is 0 Å². The third-order valence-electron chi connectivity index (χ3n) is 3.50. The van der Waals surface area contributed by atoms with Crippen LogP contribution in [0.4, 0.5) is 26.3 Å². The van der Waals surface area contributed by atoms with E-state index in [4.69, 9.17) is 0 Å². The van der Waals surface area contributed by atoms with Crippen molar-refractivity contribution in [3.8, 4) is 10.0 Å². The van der Waals surface area contributed by atoms with Crippen LogP contribution in [0.15, 0.2) is 24.5 Å². The van der Waals surface area contributed by atoms with Crippen LogP contribution in [0.3, 0.4) is 0 Å². The van der Waals surface area contributed by atoms with E-state index >= 15 is 0 Å². The van der Waals surface area contributed by atoms with Crippen LogP contribution in [-0.2, 0) is 39.8 Å². The molecule has 0 unspecified atom stereocenters. The number of nitrogens with zero attached hydrogens (tertiary/aromatic N) is 6. The van der Waals surface area contributed by atoms with Crippen LogP contribution in [0.1, 0.15) is 22.8 Å². The summed E-state index contributed by atoms with van der Waals surface area (Å²) in [5, 5.41) is 8.48. The zero-order valence-corrected chi connectivity index (χ0v) is 18.0. The molecule has 160 valence electrons. The Morgan fingerprint density at radius 2 is 1.17 bits per heavy atom. The molecule has 0 saturated heterocycles. The summed E-state index contributed by atoms with van der Waals surface area (Å²) in [6.07, 6.45) is -6.03. The molecule has 0 aromatic carbocycles. The molecule has 4 heterocycles. The average molecular weight is 643 g/mol. The summed E-state index contributed by atoms with van der Waals surface area (Å²) in [5.74, 6) is 0. The molecule has 0 aliphatic heterocycles. The smallest absolute Gasteiger partial charge is 0.400 e. The molecule has 0 aliphatic rings. The van der Waals surface area contributed by atoms with Gasteiger partial charge in [-0.2, -0.15) is 36.5 Å². The van der Waals surface area contributed by atoms with Crippen molar-refractivity contribution in [3.05, 3.63) is 59.4 Å². The van der Waals surface area contributed by atoms with Gasteiger partial charge < -0.3 is 12.1 Å². The Hall–Kier alpha value is -2.05. The first-order valence-corrected chi connectivity index (χ1v) is 9.16. The van der Waals surface area contributed by atoms with E-state index in [9.17, 15) is 26.3 Å². The van der Waals surface area contributed by atoms with E-state index in [1.54, 1.807) is 12.1 Å². The minimum atomic E-state index is -4.59. The SMILES string of the molecule is FC(F)(F)c1[c-]c(-n2ccc(Cc3ccn(-c4[c-]c(C(F)(F)F)ns4)n3)n2)sn1.[Pt+2]. The molecule has 0 amide bonds. The molecular weight excluding hydrogens is 637 g/mol. The van der Waals surface area contributed by atoms with E-state index in [0.717, 1.165) is 0 Å². The van der Waals surface area contributed by atoms with E-state index in [1.165, 1.54) is 21.8 Å². The number of hydrogen-bond donors (Lipinski definition) is 0. The van der Waals surface area contributed by atoms with Crippen LogP contribution >= 0.6 is 23.1 Å². The van der Waals surface area contributed by atoms with Crippen molar-refractivity contribution in [1.29, 1.82) is 0 Å². The fourth-order valence-electron chi connectivity index (χ4n) is 2.24. The molecular formula is C15H6F6N6PtS2. The summed E-state index contributed by atoms with van der Waals surface area (Å²) < 4.78 is 84.8. The second kappa shape index (κ2) is 8.23. The predicted octanol–water partition coefficient (Wildman–Crippen LogP) is 4.20. The van der Waals surface area contributed by atoms with Crippen molar-refractivity contribution in [2.24, 2.45) is 0 Å². The number of rotatable bonds is 4. The molecule has 4 aromatic rings. The van der Waals surface area contributed by atoms with Crippen molar-refractivity contribution in [1.82, 2.24) is 28.3 Å². The first-order valence-electron chi connectivity index (χ1n) is 7.62. The summed E-state index contributed by atoms with van der Waals surface area (Å²) in [7, 11) is 0. The van der Waals surface area contributed by atoms with E-state index in [1.807, 2.05) is 0 Å². The Kier molecular flexibility index (Phi) is 6.21. The molecule has 0 fully saturated rings. The Balaban J connectivity index is 0.00000256. The number of halogens is 6. The third kappa shape index (κ3) is 4.81. The minimum Gasteiger partial charge on any atom is -0.400 e. The maximum absolute atomic E-state index is 12.6. The number of aromatic nitrogens is 6. The topological polar surface area (TPSA) is 61.4 Å². The van der Waals surface area contributed by atoms with Gasteiger partial charge in [-0.25, -0.2) is 8.75 Å². The number of alkyl halides is 6. The van der Waals surface area contributed by atoms with Crippen LogP contribution in [0.25, 0.3) is 10.0 Å². The molecule has 6 nitrogen and oxygen atoms in total. The molecule has 15 heteroatoms. The van der Waals surface area contributed by atoms with Crippen molar-refractivity contribution in [2.75, 3.05) is 0 Å². The maximum Gasteiger partial charge on any atom is 2.00 e. The molecule has 4 aromatic heterocycles. The van der Waals surface area contributed by atoms with Crippen LogP contribution in [0.5, 0.6) is 0 Å². The van der Waals surface area contributed by atoms with Gasteiger partial charge in [0.2, 0.25) is 0 Å². The van der Waals surface area contributed by atoms with Gasteiger partial charge in [0.25, 0.3) is 0 Å². The second-order valence-electron chi connectivity index (χ2n) is 5.60. The van der Waals surface area contributed by atoms with Gasteiger partial charge >= 0.3 is 33.4 Å². The molecule has 0 N–H and O–H groups in total. The van der Waals surface area contributed by atoms with E-state index in [0.29, 0.717) is 34.5 Å². The summed E-state index contributed by atoms with van der Waals surface area (Å²) in [5.41, 5.74) is -1.25. The molecule has 0 aliphatic carbocycles. The van der Waals surface area contributed by atoms with Gasteiger partial charge in [-0.15, -0.1) is 0 Å². The monoisotopic (exact) mass is 643 g/mol. The Morgan fingerprint density at radius 3 is 1.50 bits per heavy atom. The average Bonchev–Trinajstić information content (AvgIpc) is 3.40. The van der Waals surface area contributed by atoms with Crippen LogP contribution < -0.4 is 0 Å². The van der Waals surface area contributed by atoms with Gasteiger partial charge in [0, 0.05) is 18.8 Å². The molecule has 30 heavy (non-hydrogen) atoms. The first-order chi connectivity index (χ1) is 13.6. The Morgan fingerprint density at radius 1 is 0.767 bits per heavy atom. The van der Waals surface area contributed by atoms with E-state index in [2.05, 4.69) is 31.1 Å². The normalized spacial score (nSPS) is 12.2. The quantitative estimate of drug-likeness (QED) is 0.247. The van der Waals surface area contributed by atoms with Gasteiger partial charge in [0.1, 0.15) is 0 Å². The fraction of sp³-hybridized carbons (Fsp3) is 0.200. The molecule has 4 rings (SSSR count). The third-order valence-corrected chi connectivity index (χ3v) is 4.97. The van der Waals surface area contributed by atoms with Gasteiger partial charge in [-0.05, 0) is 33.5 Å². The Bertz CT molecular complexity index is 1050. The number of hydrogen-bond acceptors (Lipinski definition) is 6. The molecule has 0 saturated carbocycles. The van der Waals surface area contributed by atoms with Crippen molar-refractivity contribution < 1.29 is 47.4 Å². The van der Waals surface area contributed by atoms with Crippen molar-refractivity contribution in [2.45, 2.75) is 18.8 Å². The van der Waals surface area contributed by atoms with E-state index in [-0.39, 0.29) is 37.5 Å². The standard InChI is InChI=1S/C15H6F6N6S2.Pt/c16-14(17,18)10-6-12(28-24-10)26-3-1-8(22-26)5-9-2-4-27(23-9)13-7-11(25-29-13)15(19,20)21;/h1-4H,5H2;/q-2;+2. The first kappa shape index (κ1) is 22.6. The molecule has 0 bridgehead atoms. The molecule has 0 atom stereocenters. The van der Waals surface area contributed by atoms with E-state index < -0.39 is 23.7 Å². The van der Waals surface area contributed by atoms with Gasteiger partial charge in [-0.1, -0.05) is 23.1 Å². The summed E-state index contributed by atoms with van der Waals surface area (Å²) in [4.78, 5) is 0. The van der Waals surface area contributed by atoms with Crippen LogP contribution in [0, 0.1) is 12.1 Å². The van der Waals surface area contributed by atoms with Crippen LogP contribution in [0.2, 0.25) is 0 Å². The summed E-state index contributed by atoms with van der Waals surface area (Å²) in [6, 6.07) is 7.46. The van der Waals surface area contributed by atoms with Crippen molar-refractivity contribution >= 4 is 23.1 Å². The minimum absolute atomic E-state index is 0. The van der Waals surface area contributed by atoms with Gasteiger partial charge in [0.05, 0.1) is 11.4 Å². The van der Waals surface area contributed by atoms with Crippen LogP contribution in [-0.4, -0.2) is 28.3 Å². The molecule has 0 radical (unpaired) electrons. The van der Waals surface area contributed by atoms with Gasteiger partial charge in [-0.3, -0.25) is 9.36 Å². The molecule has 0 spiro atoms. The second-order valence-corrected chi connectivity index (χ2v) is 7.10. The summed E-state index contributed by atoms with van der Waals surface area (Å²) >= 11 is 1.22. The zero-order valence-electron chi connectivity index (χ0n) is 14.1. The zero-order chi connectivity index (χ0) is 20.8.